The molecule has 2 aromatic rings. The van der Waals surface area contributed by atoms with Crippen LogP contribution in [0, 0.1) is 0 Å². The van der Waals surface area contributed by atoms with Gasteiger partial charge in [-0.3, -0.25) is 0 Å². The molecule has 4 nitrogen and oxygen atoms in total. The number of aromatic nitrogens is 2. The van der Waals surface area contributed by atoms with E-state index >= 15 is 0 Å². The highest BCUT2D eigenvalue weighted by Crippen LogP contribution is 3.03. The van der Waals surface area contributed by atoms with E-state index in [2.05, 4.69) is 10.1 Å². The Labute approximate surface area is 109 Å². The maximum Gasteiger partial charge on any atom is 0.312 e. The Bertz CT molecular complexity index is 705. The lowest BCUT2D eigenvalue weighted by Crippen LogP contribution is -2.07. The molecule has 1 heterocycles. The van der Waals surface area contributed by atoms with Crippen LogP contribution in [0.25, 0.3) is 5.69 Å². The summed E-state index contributed by atoms with van der Waals surface area (Å²) in [5.74, 6) is 0. The average Bonchev–Trinajstić information content (AvgIpc) is 2.79. The minimum absolute atomic E-state index is 0.0506. The number of aliphatic imine (C=N–C) groups is 1. The Balaban J connectivity index is 2.71. The highest BCUT2D eigenvalue weighted by Gasteiger charge is 2.66. The first-order chi connectivity index (χ1) is 9.01. The summed E-state index contributed by atoms with van der Waals surface area (Å²) in [5, 5.41) is 3.73. The Morgan fingerprint density at radius 2 is 1.90 bits per heavy atom. The molecule has 2 rings (SSSR count). The number of isocyanates is 1. The van der Waals surface area contributed by atoms with E-state index < -0.39 is 20.8 Å². The van der Waals surface area contributed by atoms with Crippen molar-refractivity contribution in [2.24, 2.45) is 4.99 Å². The predicted octanol–water partition coefficient (Wildman–Crippen LogP) is 4.50. The summed E-state index contributed by atoms with van der Waals surface area (Å²) in [5.41, 5.74) is -1.15. The first-order valence-electron chi connectivity index (χ1n) is 4.97. The van der Waals surface area contributed by atoms with E-state index in [-0.39, 0.29) is 11.8 Å². The molecule has 0 saturated carbocycles. The van der Waals surface area contributed by atoms with Crippen molar-refractivity contribution in [2.75, 3.05) is 0 Å². The maximum absolute atomic E-state index is 12.8. The van der Waals surface area contributed by atoms with Crippen LogP contribution in [-0.2, 0) is 4.79 Å². The molecule has 0 aliphatic rings. The van der Waals surface area contributed by atoms with Gasteiger partial charge in [-0.25, -0.2) is 9.48 Å². The third-order valence-corrected chi connectivity index (χ3v) is 3.47. The van der Waals surface area contributed by atoms with Crippen LogP contribution in [0.5, 0.6) is 0 Å². The normalized spacial score (nSPS) is 15.1. The smallest absolute Gasteiger partial charge is 0.241 e. The van der Waals surface area contributed by atoms with Gasteiger partial charge in [0.1, 0.15) is 10.6 Å². The Morgan fingerprint density at radius 3 is 2.40 bits per heavy atom. The molecule has 10 heteroatoms. The highest BCUT2D eigenvalue weighted by molar-refractivity contribution is 8.45. The van der Waals surface area contributed by atoms with Gasteiger partial charge in [-0.2, -0.15) is 10.1 Å². The molecule has 0 amide bonds. The predicted molar refractivity (Wildman–Crippen MR) is 62.7 cm³/mol. The van der Waals surface area contributed by atoms with Gasteiger partial charge in [0.05, 0.1) is 5.69 Å². The van der Waals surface area contributed by atoms with Crippen molar-refractivity contribution in [3.8, 4) is 5.69 Å². The van der Waals surface area contributed by atoms with E-state index in [0.29, 0.717) is 6.07 Å². The Hall–Kier alpha value is -2.19. The minimum Gasteiger partial charge on any atom is -0.241 e. The summed E-state index contributed by atoms with van der Waals surface area (Å²) >= 11 is 0. The third kappa shape index (κ3) is 2.86. The van der Waals surface area contributed by atoms with Crippen LogP contribution in [-0.4, -0.2) is 15.9 Å². The average molecular weight is 311 g/mol. The molecule has 0 bridgehead atoms. The minimum atomic E-state index is -9.94. The summed E-state index contributed by atoms with van der Waals surface area (Å²) < 4.78 is 65.1. The molecular weight excluding hydrogens is 305 g/mol. The van der Waals surface area contributed by atoms with Gasteiger partial charge in [0.2, 0.25) is 6.08 Å². The van der Waals surface area contributed by atoms with E-state index in [9.17, 15) is 24.2 Å². The summed E-state index contributed by atoms with van der Waals surface area (Å²) in [7, 11) is -9.94. The van der Waals surface area contributed by atoms with Crippen LogP contribution in [0.4, 0.5) is 25.1 Å². The van der Waals surface area contributed by atoms with Gasteiger partial charge in [0, 0.05) is 12.4 Å². The van der Waals surface area contributed by atoms with Crippen LogP contribution >= 0.6 is 10.2 Å². The quantitative estimate of drug-likeness (QED) is 0.476. The van der Waals surface area contributed by atoms with E-state index in [1.165, 1.54) is 18.5 Å². The van der Waals surface area contributed by atoms with Gasteiger partial charge >= 0.3 is 10.2 Å². The second kappa shape index (κ2) is 3.68. The number of benzene rings is 1. The summed E-state index contributed by atoms with van der Waals surface area (Å²) in [6.45, 7) is 0. The van der Waals surface area contributed by atoms with Gasteiger partial charge in [-0.15, -0.1) is 0 Å². The van der Waals surface area contributed by atoms with Gasteiger partial charge in [0.15, 0.2) is 0 Å². The summed E-state index contributed by atoms with van der Waals surface area (Å²) in [6.07, 6.45) is 3.57. The zero-order valence-electron chi connectivity index (χ0n) is 9.51. The van der Waals surface area contributed by atoms with E-state index in [0.717, 1.165) is 16.8 Å². The van der Waals surface area contributed by atoms with Crippen LogP contribution < -0.4 is 0 Å². The van der Waals surface area contributed by atoms with Crippen LogP contribution in [0.1, 0.15) is 0 Å². The molecule has 20 heavy (non-hydrogen) atoms. The topological polar surface area (TPSA) is 47.2 Å². The molecule has 1 aromatic carbocycles. The standard InChI is InChI=1S/C10H6F5N3OS/c11-20(12,13,14,15)10-3-2-8(6-9(10)16-7-19)18-5-1-4-17-18/h1-6H. The van der Waals surface area contributed by atoms with Crippen molar-refractivity contribution >= 4 is 22.0 Å². The molecule has 0 fully saturated rings. The molecular formula is C10H6F5N3OS. The fourth-order valence-electron chi connectivity index (χ4n) is 1.53. The monoisotopic (exact) mass is 311 g/mol. The van der Waals surface area contributed by atoms with Crippen LogP contribution in [0.15, 0.2) is 46.5 Å². The molecule has 0 N–H and O–H groups in total. The molecule has 0 aliphatic heterocycles. The lowest BCUT2D eigenvalue weighted by Gasteiger charge is -2.41. The number of rotatable bonds is 3. The van der Waals surface area contributed by atoms with Gasteiger partial charge < -0.3 is 0 Å². The maximum atomic E-state index is 12.8. The highest BCUT2D eigenvalue weighted by atomic mass is 32.5. The zero-order chi connectivity index (χ0) is 15.1. The van der Waals surface area contributed by atoms with Crippen molar-refractivity contribution in [1.82, 2.24) is 9.78 Å². The summed E-state index contributed by atoms with van der Waals surface area (Å²) in [4.78, 5) is 10.6. The van der Waals surface area contributed by atoms with Crippen molar-refractivity contribution in [2.45, 2.75) is 4.90 Å². The van der Waals surface area contributed by atoms with E-state index in [4.69, 9.17) is 0 Å². The SMILES string of the molecule is O=C=Nc1cc(-n2cccn2)ccc1S(F)(F)(F)(F)F. The van der Waals surface area contributed by atoms with Crippen LogP contribution in [0.3, 0.4) is 0 Å². The van der Waals surface area contributed by atoms with E-state index in [1.807, 2.05) is 0 Å². The second-order valence-corrected chi connectivity index (χ2v) is 6.15. The van der Waals surface area contributed by atoms with Gasteiger partial charge in [-0.05, 0) is 24.3 Å². The van der Waals surface area contributed by atoms with E-state index in [1.54, 1.807) is 0 Å². The van der Waals surface area contributed by atoms with Crippen LogP contribution in [0.2, 0.25) is 0 Å². The van der Waals surface area contributed by atoms with Crippen molar-refractivity contribution in [3.05, 3.63) is 36.7 Å². The molecule has 0 atom stereocenters. The number of halogens is 5. The lowest BCUT2D eigenvalue weighted by atomic mass is 10.3. The molecule has 0 unspecified atom stereocenters. The number of hydrogen-bond acceptors (Lipinski definition) is 3. The molecule has 0 spiro atoms. The molecule has 0 saturated heterocycles. The largest absolute Gasteiger partial charge is 0.312 e. The first kappa shape index (κ1) is 14.2. The molecule has 1 aromatic heterocycles. The van der Waals surface area contributed by atoms with Gasteiger partial charge in [0.25, 0.3) is 0 Å². The second-order valence-electron chi connectivity index (χ2n) is 3.77. The first-order valence-corrected chi connectivity index (χ1v) is 6.92. The lowest BCUT2D eigenvalue weighted by molar-refractivity contribution is 0.364. The Morgan fingerprint density at radius 1 is 1.20 bits per heavy atom. The zero-order valence-corrected chi connectivity index (χ0v) is 10.3. The van der Waals surface area contributed by atoms with Gasteiger partial charge in [-0.1, -0.05) is 19.4 Å². The third-order valence-electron chi connectivity index (χ3n) is 2.29. The molecule has 108 valence electrons. The fraction of sp³-hybridized carbons (Fsp3) is 0. The number of carbonyl (C=O) groups excluding carboxylic acids is 1. The van der Waals surface area contributed by atoms with Crippen molar-refractivity contribution < 1.29 is 24.2 Å². The van der Waals surface area contributed by atoms with Crippen molar-refractivity contribution in [3.63, 3.8) is 0 Å². The molecule has 0 radical (unpaired) electrons. The number of nitrogens with zero attached hydrogens (tertiary/aromatic N) is 3. The Kier molecular flexibility index (Phi) is 2.61. The van der Waals surface area contributed by atoms with Crippen molar-refractivity contribution in [1.29, 1.82) is 0 Å². The number of hydrogen-bond donors (Lipinski definition) is 0. The molecule has 0 aliphatic carbocycles. The summed E-state index contributed by atoms with van der Waals surface area (Å²) in [6, 6.07) is 3.16. The fourth-order valence-corrected chi connectivity index (χ4v) is 2.36.